The van der Waals surface area contributed by atoms with Crippen LogP contribution in [0.15, 0.2) is 91.0 Å². The Balaban J connectivity index is 1.87. The molecule has 1 aliphatic heterocycles. The summed E-state index contributed by atoms with van der Waals surface area (Å²) in [7, 11) is -5.23. The minimum absolute atomic E-state index is 0.0545. The van der Waals surface area contributed by atoms with Crippen molar-refractivity contribution in [2.24, 2.45) is 0 Å². The molecule has 4 rings (SSSR count). The number of alkyl carbamates (subject to hydrolysis) is 1. The number of carbonyl (C=O) groups excluding carboxylic acids is 6. The van der Waals surface area contributed by atoms with E-state index in [1.54, 1.807) is 66.7 Å². The van der Waals surface area contributed by atoms with Crippen LogP contribution in [0.4, 0.5) is 9.59 Å². The van der Waals surface area contributed by atoms with Crippen LogP contribution in [0.2, 0.25) is 0 Å². The number of hydrogen-bond acceptors (Lipinski definition) is 19. The molecule has 0 unspecified atom stereocenters. The smallest absolute Gasteiger partial charge is 0.462 e. The second-order valence-corrected chi connectivity index (χ2v) is 33.9. The Bertz CT molecular complexity index is 2910. The lowest BCUT2D eigenvalue weighted by Crippen LogP contribution is -2.67. The van der Waals surface area contributed by atoms with Crippen LogP contribution in [0.3, 0.4) is 0 Å². The second kappa shape index (κ2) is 53.4. The molecule has 2 amide bonds. The summed E-state index contributed by atoms with van der Waals surface area (Å²) in [5, 5.41) is 16.4. The number of rotatable bonds is 56. The molecule has 21 nitrogen and oxygen atoms in total. The van der Waals surface area contributed by atoms with Gasteiger partial charge in [-0.25, -0.2) is 18.9 Å². The zero-order valence-corrected chi connectivity index (χ0v) is 68.1. The van der Waals surface area contributed by atoms with Crippen molar-refractivity contribution in [2.45, 2.75) is 322 Å². The highest BCUT2D eigenvalue weighted by Crippen LogP contribution is 2.53. The number of amides is 2. The van der Waals surface area contributed by atoms with Gasteiger partial charge < -0.3 is 62.7 Å². The predicted octanol–water partition coefficient (Wildman–Crippen LogP) is 20.9. The van der Waals surface area contributed by atoms with Gasteiger partial charge in [-0.1, -0.05) is 330 Å². The molecule has 3 aromatic carbocycles. The molecule has 0 aliphatic carbocycles. The molecule has 0 bridgehead atoms. The van der Waals surface area contributed by atoms with Crippen LogP contribution in [-0.2, 0) is 72.8 Å². The summed E-state index contributed by atoms with van der Waals surface area (Å²) in [6.45, 7) is 6.13. The number of aliphatic hydroxyl groups excluding tert-OH is 1. The number of alkyl halides is 6. The van der Waals surface area contributed by atoms with E-state index < -0.39 is 139 Å². The SMILES string of the molecule is CCCCCCCCCCCCCC(=O)O[C@H](CCCCCCCCCCC)CC(=O)O[C@@H]1[C@@H](NC(=O)OCC(Cl)(Cl)Cl)[C@@H](OC[C@H](NC(=O)C[C@H](O)CCCCCCCCCCC)C(=O)OCc2ccccc2)O[C@H](COC(=O)OC(C)(C)C(Cl)(Cl)Cl)[C@H]1OP(=O)(Oc1ccccc1)Oc1ccccc1. The zero-order valence-electron chi connectivity index (χ0n) is 62.7. The molecule has 8 atom stereocenters. The Morgan fingerprint density at radius 2 is 1.04 bits per heavy atom. The lowest BCUT2D eigenvalue weighted by atomic mass is 9.96. The highest BCUT2D eigenvalue weighted by molar-refractivity contribution is 7.49. The van der Waals surface area contributed by atoms with Crippen molar-refractivity contribution in [1.29, 1.82) is 0 Å². The summed E-state index contributed by atoms with van der Waals surface area (Å²) in [5.74, 6) is -3.51. The molecule has 1 aliphatic rings. The normalized spacial score (nSPS) is 17.1. The first-order chi connectivity index (χ1) is 50.7. The molecule has 1 heterocycles. The fourth-order valence-electron chi connectivity index (χ4n) is 11.7. The van der Waals surface area contributed by atoms with E-state index in [9.17, 15) is 29.1 Å². The molecule has 3 aromatic rings. The Kier molecular flexibility index (Phi) is 47.3. The van der Waals surface area contributed by atoms with Crippen LogP contribution in [0, 0.1) is 0 Å². The number of phosphoric acid groups is 1. The van der Waals surface area contributed by atoms with E-state index in [-0.39, 0.29) is 30.9 Å². The number of nitrogens with one attached hydrogen (secondary N) is 2. The largest absolute Gasteiger partial charge is 0.588 e. The van der Waals surface area contributed by atoms with Gasteiger partial charge in [0.1, 0.15) is 55.7 Å². The van der Waals surface area contributed by atoms with Gasteiger partial charge in [0.05, 0.1) is 25.6 Å². The van der Waals surface area contributed by atoms with Gasteiger partial charge in [-0.05, 0) is 69.4 Å². The van der Waals surface area contributed by atoms with E-state index in [1.807, 2.05) is 0 Å². The monoisotopic (exact) mass is 1630 g/mol. The van der Waals surface area contributed by atoms with Gasteiger partial charge in [-0.2, -0.15) is 0 Å². The number of esters is 3. The van der Waals surface area contributed by atoms with Gasteiger partial charge >= 0.3 is 38.0 Å². The highest BCUT2D eigenvalue weighted by atomic mass is 35.6. The average Bonchev–Trinajstić information content (AvgIpc) is 0.771. The fourth-order valence-corrected chi connectivity index (χ4v) is 13.4. The number of para-hydroxylation sites is 2. The summed E-state index contributed by atoms with van der Waals surface area (Å²) < 4.78 is 78.2. The van der Waals surface area contributed by atoms with E-state index >= 15 is 9.36 Å². The molecular weight excluding hydrogens is 1510 g/mol. The van der Waals surface area contributed by atoms with E-state index in [1.165, 1.54) is 83.1 Å². The Morgan fingerprint density at radius 1 is 0.566 bits per heavy atom. The van der Waals surface area contributed by atoms with Gasteiger partial charge in [0, 0.05) is 6.42 Å². The molecule has 600 valence electrons. The maximum absolute atomic E-state index is 15.8. The van der Waals surface area contributed by atoms with Crippen LogP contribution >= 0.6 is 77.4 Å². The minimum atomic E-state index is -5.23. The molecule has 0 saturated carbocycles. The quantitative estimate of drug-likeness (QED) is 0.0156. The first-order valence-electron chi connectivity index (χ1n) is 38.3. The fraction of sp³-hybridized carbons (Fsp3) is 0.692. The third-order valence-corrected chi connectivity index (χ3v) is 20.8. The first kappa shape index (κ1) is 93.9. The highest BCUT2D eigenvalue weighted by Gasteiger charge is 2.55. The molecule has 0 radical (unpaired) electrons. The topological polar surface area (TPSA) is 265 Å². The van der Waals surface area contributed by atoms with E-state index in [0.29, 0.717) is 31.2 Å². The molecule has 0 aromatic heterocycles. The number of phosphoric ester groups is 1. The second-order valence-electron chi connectivity index (χ2n) is 27.6. The maximum Gasteiger partial charge on any atom is 0.588 e. The van der Waals surface area contributed by atoms with Crippen molar-refractivity contribution in [3.63, 3.8) is 0 Å². The number of carbonyl (C=O) groups is 6. The van der Waals surface area contributed by atoms with Gasteiger partial charge in [0.2, 0.25) is 13.5 Å². The lowest BCUT2D eigenvalue weighted by molar-refractivity contribution is -0.272. The lowest BCUT2D eigenvalue weighted by Gasteiger charge is -2.45. The van der Waals surface area contributed by atoms with Crippen LogP contribution in [0.1, 0.15) is 258 Å². The molecule has 0 spiro atoms. The van der Waals surface area contributed by atoms with Crippen LogP contribution in [0.5, 0.6) is 11.5 Å². The number of unbranched alkanes of at least 4 members (excludes halogenated alkanes) is 26. The molecule has 1 fully saturated rings. The number of aliphatic hydroxyl groups is 1. The summed E-state index contributed by atoms with van der Waals surface area (Å²) in [5.41, 5.74) is -1.27. The maximum atomic E-state index is 15.8. The average molecular weight is 1630 g/mol. The number of halogens is 6. The number of hydrogen-bond donors (Lipinski definition) is 3. The van der Waals surface area contributed by atoms with Crippen LogP contribution in [0.25, 0.3) is 0 Å². The summed E-state index contributed by atoms with van der Waals surface area (Å²) in [6, 6.07) is 20.4. The Hall–Kier alpha value is -4.51. The van der Waals surface area contributed by atoms with Crippen molar-refractivity contribution in [2.75, 3.05) is 19.8 Å². The van der Waals surface area contributed by atoms with Crippen molar-refractivity contribution in [1.82, 2.24) is 10.6 Å². The van der Waals surface area contributed by atoms with Crippen molar-refractivity contribution in [3.05, 3.63) is 96.6 Å². The zero-order chi connectivity index (χ0) is 77.5. The van der Waals surface area contributed by atoms with Gasteiger partial charge in [-0.15, -0.1) is 0 Å². The van der Waals surface area contributed by atoms with Crippen molar-refractivity contribution < 1.29 is 89.9 Å². The molecular formula is C78H117Cl6N2O19P. The van der Waals surface area contributed by atoms with Crippen LogP contribution < -0.4 is 19.7 Å². The third-order valence-electron chi connectivity index (χ3n) is 17.8. The van der Waals surface area contributed by atoms with E-state index in [4.69, 9.17) is 121 Å². The van der Waals surface area contributed by atoms with Crippen LogP contribution in [-0.4, -0.2) is 123 Å². The summed E-state index contributed by atoms with van der Waals surface area (Å²) in [4.78, 5) is 85.9. The van der Waals surface area contributed by atoms with E-state index in [0.717, 1.165) is 122 Å². The predicted molar refractivity (Wildman–Crippen MR) is 415 cm³/mol. The first-order valence-corrected chi connectivity index (χ1v) is 42.0. The summed E-state index contributed by atoms with van der Waals surface area (Å²) >= 11 is 37.0. The minimum Gasteiger partial charge on any atom is -0.462 e. The molecule has 106 heavy (non-hydrogen) atoms. The molecule has 3 N–H and O–H groups in total. The number of ether oxygens (including phenoxy) is 8. The van der Waals surface area contributed by atoms with E-state index in [2.05, 4.69) is 31.4 Å². The van der Waals surface area contributed by atoms with Gasteiger partial charge in [-0.3, -0.25) is 18.9 Å². The molecule has 28 heteroatoms. The third kappa shape index (κ3) is 41.5. The molecule has 1 saturated heterocycles. The van der Waals surface area contributed by atoms with Crippen molar-refractivity contribution >= 4 is 113 Å². The van der Waals surface area contributed by atoms with Gasteiger partial charge in [0.25, 0.3) is 0 Å². The van der Waals surface area contributed by atoms with Crippen molar-refractivity contribution in [3.8, 4) is 11.5 Å². The van der Waals surface area contributed by atoms with Gasteiger partial charge in [0.15, 0.2) is 24.0 Å². The Labute approximate surface area is 659 Å². The number of benzene rings is 3. The standard InChI is InChI=1S/C78H117Cl6N2O19P/c1-6-9-12-15-18-21-22-25-28-31-43-52-67(89)99-63(51-38-30-27-24-20-17-14-11-8-3)54-68(90)101-71-69(86-74(92)98-58-77(79,80)81)73(96-56-64(72(91)95-55-59-44-35-32-36-45-59)85-66(88)53-60(87)46-37-29-26-23-19-16-13-10-7-2)100-65(57-97-75(93)102-76(4,5)78(82,83)84)70(71)105-106(94,103-61-47-39-33-40-48-61)104-62-49-41-34-42-50-62/h32-36,39-42,44-45,47-50,60,63-65,69-71,73,87H,6-31,37-38,43,46,51-58H2,1-5H3,(H,85,88)(H,86,92)/t60-,63-,64+,65-,69-,70-,71-,73+/m1/s1. The Morgan fingerprint density at radius 3 is 1.53 bits per heavy atom. The summed E-state index contributed by atoms with van der Waals surface area (Å²) in [6.07, 6.45) is 16.4.